The summed E-state index contributed by atoms with van der Waals surface area (Å²) in [7, 11) is 4.71. The zero-order valence-corrected chi connectivity index (χ0v) is 20.7. The smallest absolute Gasteiger partial charge is 0.241 e. The molecule has 186 valence electrons. The van der Waals surface area contributed by atoms with E-state index in [9.17, 15) is 4.79 Å². The standard InChI is InChI=1S/C26H32N4O5/c1-17-7-9-19(10-8-17)25-28-23(35-29-25)16-30-11-5-6-20(15-30)26(31)27-14-18-12-21(32-2)24(34-4)22(13-18)33-3/h7-10,12-13,20H,5-6,11,14-16H2,1-4H3,(H,27,31). The first-order valence-electron chi connectivity index (χ1n) is 11.7. The molecule has 2 heterocycles. The van der Waals surface area contributed by atoms with Gasteiger partial charge in [-0.05, 0) is 44.0 Å². The van der Waals surface area contributed by atoms with Gasteiger partial charge in [0, 0.05) is 18.7 Å². The molecular formula is C26H32N4O5. The Morgan fingerprint density at radius 2 is 1.83 bits per heavy atom. The Morgan fingerprint density at radius 3 is 2.49 bits per heavy atom. The maximum absolute atomic E-state index is 12.9. The van der Waals surface area contributed by atoms with Crippen molar-refractivity contribution in [2.75, 3.05) is 34.4 Å². The molecule has 0 saturated carbocycles. The van der Waals surface area contributed by atoms with Crippen LogP contribution in [0.4, 0.5) is 0 Å². The van der Waals surface area contributed by atoms with Gasteiger partial charge in [-0.25, -0.2) is 0 Å². The van der Waals surface area contributed by atoms with Crippen LogP contribution in [0, 0.1) is 12.8 Å². The minimum absolute atomic E-state index is 0.0225. The van der Waals surface area contributed by atoms with Crippen LogP contribution >= 0.6 is 0 Å². The summed E-state index contributed by atoms with van der Waals surface area (Å²) in [5, 5.41) is 7.17. The molecule has 4 rings (SSSR count). The van der Waals surface area contributed by atoms with Crippen molar-refractivity contribution in [1.82, 2.24) is 20.4 Å². The third kappa shape index (κ3) is 5.92. The molecule has 1 atom stereocenters. The van der Waals surface area contributed by atoms with Gasteiger partial charge in [-0.1, -0.05) is 35.0 Å². The molecule has 0 bridgehead atoms. The predicted octanol–water partition coefficient (Wildman–Crippen LogP) is 3.60. The fourth-order valence-corrected chi connectivity index (χ4v) is 4.31. The molecule has 35 heavy (non-hydrogen) atoms. The molecule has 0 radical (unpaired) electrons. The Hall–Kier alpha value is -3.59. The van der Waals surface area contributed by atoms with Crippen molar-refractivity contribution in [1.29, 1.82) is 0 Å². The number of hydrogen-bond donors (Lipinski definition) is 1. The van der Waals surface area contributed by atoms with Crippen molar-refractivity contribution in [2.45, 2.75) is 32.9 Å². The SMILES string of the molecule is COc1cc(CNC(=O)C2CCCN(Cc3nc(-c4ccc(C)cc4)no3)C2)cc(OC)c1OC. The topological polar surface area (TPSA) is 99.0 Å². The molecule has 1 unspecified atom stereocenters. The largest absolute Gasteiger partial charge is 0.493 e. The van der Waals surface area contributed by atoms with E-state index in [1.54, 1.807) is 21.3 Å². The summed E-state index contributed by atoms with van der Waals surface area (Å²) in [4.78, 5) is 19.7. The van der Waals surface area contributed by atoms with Crippen LogP contribution in [0.2, 0.25) is 0 Å². The Balaban J connectivity index is 1.34. The number of piperidine rings is 1. The van der Waals surface area contributed by atoms with E-state index in [0.29, 0.717) is 48.6 Å². The minimum atomic E-state index is -0.106. The van der Waals surface area contributed by atoms with E-state index in [0.717, 1.165) is 30.5 Å². The van der Waals surface area contributed by atoms with Gasteiger partial charge in [0.25, 0.3) is 0 Å². The first-order chi connectivity index (χ1) is 17.0. The minimum Gasteiger partial charge on any atom is -0.493 e. The third-order valence-electron chi connectivity index (χ3n) is 6.20. The molecule has 1 aliphatic rings. The number of likely N-dealkylation sites (tertiary alicyclic amines) is 1. The average Bonchev–Trinajstić information content (AvgIpc) is 3.35. The second kappa shape index (κ2) is 11.2. The molecule has 1 aromatic heterocycles. The molecule has 1 amide bonds. The maximum Gasteiger partial charge on any atom is 0.241 e. The van der Waals surface area contributed by atoms with Gasteiger partial charge in [-0.3, -0.25) is 9.69 Å². The number of aromatic nitrogens is 2. The molecule has 2 aromatic carbocycles. The van der Waals surface area contributed by atoms with E-state index in [2.05, 4.69) is 20.4 Å². The van der Waals surface area contributed by atoms with Crippen LogP contribution in [-0.4, -0.2) is 55.4 Å². The van der Waals surface area contributed by atoms with Crippen LogP contribution in [0.3, 0.4) is 0 Å². The molecule has 9 heteroatoms. The molecule has 1 fully saturated rings. The highest BCUT2D eigenvalue weighted by atomic mass is 16.5. The summed E-state index contributed by atoms with van der Waals surface area (Å²) >= 11 is 0. The Bertz CT molecular complexity index is 1120. The summed E-state index contributed by atoms with van der Waals surface area (Å²) in [5.74, 6) is 2.70. The fraction of sp³-hybridized carbons (Fsp3) is 0.423. The van der Waals surface area contributed by atoms with Crippen LogP contribution in [0.5, 0.6) is 17.2 Å². The highest BCUT2D eigenvalue weighted by Gasteiger charge is 2.27. The van der Waals surface area contributed by atoms with Gasteiger partial charge in [0.15, 0.2) is 11.5 Å². The first kappa shape index (κ1) is 24.5. The van der Waals surface area contributed by atoms with E-state index in [1.165, 1.54) is 5.56 Å². The molecule has 9 nitrogen and oxygen atoms in total. The Kier molecular flexibility index (Phi) is 7.87. The van der Waals surface area contributed by atoms with E-state index in [1.807, 2.05) is 43.3 Å². The van der Waals surface area contributed by atoms with Crippen LogP contribution in [0.1, 0.15) is 29.9 Å². The summed E-state index contributed by atoms with van der Waals surface area (Å²) in [6, 6.07) is 11.7. The molecule has 0 aliphatic carbocycles. The van der Waals surface area contributed by atoms with Crippen LogP contribution < -0.4 is 19.5 Å². The number of amides is 1. The maximum atomic E-state index is 12.9. The lowest BCUT2D eigenvalue weighted by Crippen LogP contribution is -2.42. The van der Waals surface area contributed by atoms with Crippen molar-refractivity contribution < 1.29 is 23.5 Å². The van der Waals surface area contributed by atoms with Gasteiger partial charge in [-0.15, -0.1) is 0 Å². The number of methoxy groups -OCH3 is 3. The summed E-state index contributed by atoms with van der Waals surface area (Å²) in [6.07, 6.45) is 1.78. The lowest BCUT2D eigenvalue weighted by molar-refractivity contribution is -0.127. The van der Waals surface area contributed by atoms with Gasteiger partial charge in [0.1, 0.15) is 0 Å². The summed E-state index contributed by atoms with van der Waals surface area (Å²) in [5.41, 5.74) is 2.98. The number of benzene rings is 2. The molecule has 0 spiro atoms. The quantitative estimate of drug-likeness (QED) is 0.496. The van der Waals surface area contributed by atoms with E-state index < -0.39 is 0 Å². The van der Waals surface area contributed by atoms with Crippen molar-refractivity contribution >= 4 is 5.91 Å². The number of nitrogens with zero attached hydrogens (tertiary/aromatic N) is 3. The third-order valence-corrected chi connectivity index (χ3v) is 6.20. The number of carbonyl (C=O) groups is 1. The number of ether oxygens (including phenoxy) is 3. The van der Waals surface area contributed by atoms with Crippen molar-refractivity contribution in [3.8, 4) is 28.6 Å². The monoisotopic (exact) mass is 480 g/mol. The van der Waals surface area contributed by atoms with Gasteiger partial charge < -0.3 is 24.1 Å². The highest BCUT2D eigenvalue weighted by molar-refractivity contribution is 5.79. The van der Waals surface area contributed by atoms with Crippen molar-refractivity contribution in [3.05, 3.63) is 53.4 Å². The number of hydrogen-bond acceptors (Lipinski definition) is 8. The van der Waals surface area contributed by atoms with Crippen molar-refractivity contribution in [3.63, 3.8) is 0 Å². The number of carbonyl (C=O) groups excluding carboxylic acids is 1. The Labute approximate surface area is 205 Å². The van der Waals surface area contributed by atoms with E-state index >= 15 is 0 Å². The van der Waals surface area contributed by atoms with E-state index in [4.69, 9.17) is 18.7 Å². The van der Waals surface area contributed by atoms with Crippen LogP contribution in [0.25, 0.3) is 11.4 Å². The number of nitrogens with one attached hydrogen (secondary N) is 1. The molecule has 1 saturated heterocycles. The zero-order chi connectivity index (χ0) is 24.8. The van der Waals surface area contributed by atoms with E-state index in [-0.39, 0.29) is 11.8 Å². The molecular weight excluding hydrogens is 448 g/mol. The van der Waals surface area contributed by atoms with Gasteiger partial charge in [-0.2, -0.15) is 4.98 Å². The highest BCUT2D eigenvalue weighted by Crippen LogP contribution is 2.38. The molecule has 1 N–H and O–H groups in total. The molecule has 3 aromatic rings. The summed E-state index contributed by atoms with van der Waals surface area (Å²) in [6.45, 7) is 4.46. The lowest BCUT2D eigenvalue weighted by Gasteiger charge is -2.30. The molecule has 1 aliphatic heterocycles. The Morgan fingerprint density at radius 1 is 1.11 bits per heavy atom. The predicted molar refractivity (Wildman–Crippen MR) is 130 cm³/mol. The summed E-state index contributed by atoms with van der Waals surface area (Å²) < 4.78 is 21.7. The fourth-order valence-electron chi connectivity index (χ4n) is 4.31. The van der Waals surface area contributed by atoms with Crippen LogP contribution in [-0.2, 0) is 17.9 Å². The first-order valence-corrected chi connectivity index (χ1v) is 11.7. The second-order valence-corrected chi connectivity index (χ2v) is 8.70. The van der Waals surface area contributed by atoms with Gasteiger partial charge in [0.2, 0.25) is 23.4 Å². The average molecular weight is 481 g/mol. The second-order valence-electron chi connectivity index (χ2n) is 8.70. The van der Waals surface area contributed by atoms with Gasteiger partial charge >= 0.3 is 0 Å². The number of aryl methyl sites for hydroxylation is 1. The number of rotatable bonds is 9. The van der Waals surface area contributed by atoms with Crippen molar-refractivity contribution in [2.24, 2.45) is 5.92 Å². The van der Waals surface area contributed by atoms with Crippen LogP contribution in [0.15, 0.2) is 40.9 Å². The van der Waals surface area contributed by atoms with Gasteiger partial charge in [0.05, 0.1) is 33.8 Å². The normalized spacial score (nSPS) is 16.1. The lowest BCUT2D eigenvalue weighted by atomic mass is 9.97. The zero-order valence-electron chi connectivity index (χ0n) is 20.7.